The second-order valence-corrected chi connectivity index (χ2v) is 6.00. The molecule has 0 amide bonds. The Bertz CT molecular complexity index is 617. The van der Waals surface area contributed by atoms with Crippen LogP contribution in [-0.4, -0.2) is 0 Å². The molecule has 112 valence electrons. The second kappa shape index (κ2) is 6.18. The lowest BCUT2D eigenvalue weighted by molar-refractivity contribution is -0.137. The Balaban J connectivity index is 2.16. The minimum atomic E-state index is -4.34. The lowest BCUT2D eigenvalue weighted by atomic mass is 10.0. The minimum Gasteiger partial charge on any atom is -0.207 e. The molecule has 2 rings (SSSR count). The van der Waals surface area contributed by atoms with Crippen LogP contribution in [0, 0.1) is 12.7 Å². The van der Waals surface area contributed by atoms with E-state index in [0.717, 1.165) is 17.7 Å². The lowest BCUT2D eigenvalue weighted by Gasteiger charge is -2.13. The highest BCUT2D eigenvalue weighted by atomic mass is 79.9. The van der Waals surface area contributed by atoms with E-state index in [9.17, 15) is 17.6 Å². The SMILES string of the molecule is Cc1ccc(F)c(C(Br)Cc2ccc(C(F)(F)F)cc2)c1. The molecule has 2 aromatic rings. The first-order valence-electron chi connectivity index (χ1n) is 6.33. The fourth-order valence-corrected chi connectivity index (χ4v) is 2.77. The van der Waals surface area contributed by atoms with Crippen molar-refractivity contribution in [1.29, 1.82) is 0 Å². The largest absolute Gasteiger partial charge is 0.416 e. The first-order valence-corrected chi connectivity index (χ1v) is 7.25. The van der Waals surface area contributed by atoms with Crippen LogP contribution in [0.15, 0.2) is 42.5 Å². The van der Waals surface area contributed by atoms with Gasteiger partial charge in [-0.25, -0.2) is 4.39 Å². The van der Waals surface area contributed by atoms with Crippen molar-refractivity contribution in [2.24, 2.45) is 0 Å². The molecule has 0 saturated heterocycles. The Hall–Kier alpha value is -1.36. The average molecular weight is 361 g/mol. The Morgan fingerprint density at radius 2 is 1.67 bits per heavy atom. The van der Waals surface area contributed by atoms with Crippen molar-refractivity contribution in [2.45, 2.75) is 24.3 Å². The maximum absolute atomic E-state index is 13.8. The second-order valence-electron chi connectivity index (χ2n) is 4.89. The summed E-state index contributed by atoms with van der Waals surface area (Å²) in [4.78, 5) is -0.283. The molecule has 0 nitrogen and oxygen atoms in total. The van der Waals surface area contributed by atoms with Gasteiger partial charge >= 0.3 is 6.18 Å². The fraction of sp³-hybridized carbons (Fsp3) is 0.250. The van der Waals surface area contributed by atoms with Crippen molar-refractivity contribution in [3.63, 3.8) is 0 Å². The van der Waals surface area contributed by atoms with Gasteiger partial charge in [-0.1, -0.05) is 45.8 Å². The zero-order chi connectivity index (χ0) is 15.6. The van der Waals surface area contributed by atoms with E-state index in [4.69, 9.17) is 0 Å². The van der Waals surface area contributed by atoms with Gasteiger partial charge in [0, 0.05) is 10.4 Å². The van der Waals surface area contributed by atoms with Gasteiger partial charge in [0.1, 0.15) is 5.82 Å². The van der Waals surface area contributed by atoms with E-state index in [-0.39, 0.29) is 10.6 Å². The van der Waals surface area contributed by atoms with Crippen LogP contribution >= 0.6 is 15.9 Å². The van der Waals surface area contributed by atoms with Crippen molar-refractivity contribution < 1.29 is 17.6 Å². The average Bonchev–Trinajstić information content (AvgIpc) is 2.41. The van der Waals surface area contributed by atoms with Crippen LogP contribution in [0.4, 0.5) is 17.6 Å². The third kappa shape index (κ3) is 4.06. The summed E-state index contributed by atoms with van der Waals surface area (Å²) in [7, 11) is 0. The molecule has 21 heavy (non-hydrogen) atoms. The predicted molar refractivity (Wildman–Crippen MR) is 78.0 cm³/mol. The van der Waals surface area contributed by atoms with Crippen molar-refractivity contribution in [2.75, 3.05) is 0 Å². The van der Waals surface area contributed by atoms with Crippen LogP contribution in [0.2, 0.25) is 0 Å². The van der Waals surface area contributed by atoms with Gasteiger partial charge in [0.2, 0.25) is 0 Å². The Kier molecular flexibility index (Phi) is 4.71. The van der Waals surface area contributed by atoms with E-state index >= 15 is 0 Å². The monoisotopic (exact) mass is 360 g/mol. The number of hydrogen-bond donors (Lipinski definition) is 0. The number of aryl methyl sites for hydroxylation is 1. The molecule has 0 spiro atoms. The third-order valence-corrected chi connectivity index (χ3v) is 4.00. The molecule has 1 unspecified atom stereocenters. The maximum Gasteiger partial charge on any atom is 0.416 e. The first-order chi connectivity index (χ1) is 9.77. The van der Waals surface area contributed by atoms with Gasteiger partial charge in [0.25, 0.3) is 0 Å². The quantitative estimate of drug-likeness (QED) is 0.477. The van der Waals surface area contributed by atoms with Gasteiger partial charge in [0.15, 0.2) is 0 Å². The summed E-state index contributed by atoms with van der Waals surface area (Å²) in [6.45, 7) is 1.86. The van der Waals surface area contributed by atoms with Crippen LogP contribution < -0.4 is 0 Å². The topological polar surface area (TPSA) is 0 Å². The molecular formula is C16H13BrF4. The summed E-state index contributed by atoms with van der Waals surface area (Å²) in [6, 6.07) is 9.74. The molecule has 0 heterocycles. The van der Waals surface area contributed by atoms with Crippen LogP contribution in [0.25, 0.3) is 0 Å². The molecule has 0 aromatic heterocycles. The van der Waals surface area contributed by atoms with Crippen LogP contribution in [-0.2, 0) is 12.6 Å². The van der Waals surface area contributed by atoms with Gasteiger partial charge in [-0.2, -0.15) is 13.2 Å². The van der Waals surface area contributed by atoms with E-state index in [1.807, 2.05) is 6.92 Å². The molecule has 0 aliphatic heterocycles. The fourth-order valence-electron chi connectivity index (χ4n) is 2.05. The standard InChI is InChI=1S/C16H13BrF4/c1-10-2-7-15(18)13(8-10)14(17)9-11-3-5-12(6-4-11)16(19,20)21/h2-8,14H,9H2,1H3. The van der Waals surface area contributed by atoms with Gasteiger partial charge in [0.05, 0.1) is 5.56 Å². The normalized spacial score (nSPS) is 13.2. The Morgan fingerprint density at radius 3 is 2.24 bits per heavy atom. The molecule has 0 bridgehead atoms. The maximum atomic E-state index is 13.8. The summed E-state index contributed by atoms with van der Waals surface area (Å²) in [5.41, 5.74) is 1.48. The summed E-state index contributed by atoms with van der Waals surface area (Å²) >= 11 is 3.40. The highest BCUT2D eigenvalue weighted by molar-refractivity contribution is 9.09. The summed E-state index contributed by atoms with van der Waals surface area (Å²) in [5, 5.41) is 0. The minimum absolute atomic E-state index is 0.283. The van der Waals surface area contributed by atoms with Crippen molar-refractivity contribution in [3.8, 4) is 0 Å². The van der Waals surface area contributed by atoms with Crippen molar-refractivity contribution >= 4 is 15.9 Å². The van der Waals surface area contributed by atoms with Crippen LogP contribution in [0.5, 0.6) is 0 Å². The van der Waals surface area contributed by atoms with Crippen molar-refractivity contribution in [3.05, 3.63) is 70.5 Å². The number of benzene rings is 2. The highest BCUT2D eigenvalue weighted by Gasteiger charge is 2.30. The lowest BCUT2D eigenvalue weighted by Crippen LogP contribution is -2.05. The molecule has 0 aliphatic rings. The molecule has 1 atom stereocenters. The number of alkyl halides is 4. The molecule has 0 aliphatic carbocycles. The highest BCUT2D eigenvalue weighted by Crippen LogP contribution is 2.32. The number of rotatable bonds is 3. The molecule has 0 fully saturated rings. The smallest absolute Gasteiger partial charge is 0.207 e. The zero-order valence-electron chi connectivity index (χ0n) is 11.2. The van der Waals surface area contributed by atoms with E-state index in [1.54, 1.807) is 12.1 Å². The predicted octanol–water partition coefficient (Wildman–Crippen LogP) is 5.83. The molecule has 0 saturated carbocycles. The summed E-state index contributed by atoms with van der Waals surface area (Å²) in [5.74, 6) is -0.325. The molecule has 0 N–H and O–H groups in total. The third-order valence-electron chi connectivity index (χ3n) is 3.19. The van der Waals surface area contributed by atoms with Crippen LogP contribution in [0.3, 0.4) is 0 Å². The van der Waals surface area contributed by atoms with Gasteiger partial charge < -0.3 is 0 Å². The molecule has 5 heteroatoms. The Labute approximate surface area is 128 Å². The van der Waals surface area contributed by atoms with Gasteiger partial charge in [-0.3, -0.25) is 0 Å². The van der Waals surface area contributed by atoms with Crippen LogP contribution in [0.1, 0.15) is 27.1 Å². The molecule has 2 aromatic carbocycles. The van der Waals surface area contributed by atoms with E-state index in [2.05, 4.69) is 15.9 Å². The first kappa shape index (κ1) is 16.0. The van der Waals surface area contributed by atoms with E-state index in [0.29, 0.717) is 17.5 Å². The summed E-state index contributed by atoms with van der Waals surface area (Å²) < 4.78 is 51.2. The number of halogens is 5. The zero-order valence-corrected chi connectivity index (χ0v) is 12.8. The summed E-state index contributed by atoms with van der Waals surface area (Å²) in [6.07, 6.45) is -3.92. The van der Waals surface area contributed by atoms with Gasteiger partial charge in [-0.05, 0) is 37.1 Å². The molecule has 0 radical (unpaired) electrons. The van der Waals surface area contributed by atoms with Crippen molar-refractivity contribution in [1.82, 2.24) is 0 Å². The van der Waals surface area contributed by atoms with Gasteiger partial charge in [-0.15, -0.1) is 0 Å². The molecular weight excluding hydrogens is 348 g/mol. The van der Waals surface area contributed by atoms with E-state index < -0.39 is 11.7 Å². The Morgan fingerprint density at radius 1 is 1.05 bits per heavy atom. The van der Waals surface area contributed by atoms with E-state index in [1.165, 1.54) is 18.2 Å². The number of hydrogen-bond acceptors (Lipinski definition) is 0.